The molecule has 88 valence electrons. The van der Waals surface area contributed by atoms with Gasteiger partial charge >= 0.3 is 0 Å². The van der Waals surface area contributed by atoms with Crippen LogP contribution in [0, 0.1) is 0 Å². The van der Waals surface area contributed by atoms with Gasteiger partial charge in [0.1, 0.15) is 0 Å². The zero-order valence-corrected chi connectivity index (χ0v) is 10.7. The van der Waals surface area contributed by atoms with Crippen LogP contribution in [0.25, 0.3) is 17.3 Å². The van der Waals surface area contributed by atoms with Crippen molar-refractivity contribution in [1.29, 1.82) is 0 Å². The van der Waals surface area contributed by atoms with Crippen LogP contribution >= 0.6 is 15.9 Å². The van der Waals surface area contributed by atoms with Crippen LogP contribution in [0.2, 0.25) is 0 Å². The van der Waals surface area contributed by atoms with E-state index in [4.69, 9.17) is 0 Å². The summed E-state index contributed by atoms with van der Waals surface area (Å²) < 4.78 is 2.31. The summed E-state index contributed by atoms with van der Waals surface area (Å²) in [7, 11) is 0. The van der Waals surface area contributed by atoms with Crippen LogP contribution in [-0.4, -0.2) is 30.2 Å². The standard InChI is InChI=1S/C11H7BrN6/c12-9-6-13-11(14-7-9)18-10(15-16-17-18)8-4-2-1-3-5-8/h1-7H. The number of hydrogen-bond donors (Lipinski definition) is 0. The van der Waals surface area contributed by atoms with Crippen LogP contribution in [0.4, 0.5) is 0 Å². The molecule has 0 N–H and O–H groups in total. The van der Waals surface area contributed by atoms with Crippen LogP contribution in [-0.2, 0) is 0 Å². The Morgan fingerprint density at radius 1 is 1.00 bits per heavy atom. The molecule has 1 aromatic carbocycles. The molecule has 3 aromatic rings. The lowest BCUT2D eigenvalue weighted by atomic mass is 10.2. The molecule has 0 saturated carbocycles. The lowest BCUT2D eigenvalue weighted by Crippen LogP contribution is -2.04. The predicted octanol–water partition coefficient (Wildman–Crippen LogP) is 1.88. The third-order valence-corrected chi connectivity index (χ3v) is 2.71. The number of benzene rings is 1. The van der Waals surface area contributed by atoms with Gasteiger partial charge in [0.15, 0.2) is 5.82 Å². The van der Waals surface area contributed by atoms with E-state index in [2.05, 4.69) is 41.4 Å². The van der Waals surface area contributed by atoms with Gasteiger partial charge in [-0.15, -0.1) is 5.10 Å². The van der Waals surface area contributed by atoms with Crippen LogP contribution < -0.4 is 0 Å². The van der Waals surface area contributed by atoms with Gasteiger partial charge in [-0.2, -0.15) is 4.68 Å². The smallest absolute Gasteiger partial charge is 0.218 e. The molecular weight excluding hydrogens is 296 g/mol. The average Bonchev–Trinajstić information content (AvgIpc) is 2.90. The van der Waals surface area contributed by atoms with Crippen molar-refractivity contribution in [3.05, 3.63) is 47.2 Å². The van der Waals surface area contributed by atoms with Gasteiger partial charge in [0, 0.05) is 18.0 Å². The molecule has 18 heavy (non-hydrogen) atoms. The number of tetrazole rings is 1. The summed E-state index contributed by atoms with van der Waals surface area (Å²) in [5.74, 6) is 1.04. The van der Waals surface area contributed by atoms with E-state index in [0.29, 0.717) is 11.8 Å². The van der Waals surface area contributed by atoms with Gasteiger partial charge in [-0.3, -0.25) is 0 Å². The molecule has 0 spiro atoms. The highest BCUT2D eigenvalue weighted by molar-refractivity contribution is 9.10. The first-order valence-electron chi connectivity index (χ1n) is 5.16. The van der Waals surface area contributed by atoms with E-state index in [1.807, 2.05) is 30.3 Å². The molecule has 2 heterocycles. The molecule has 0 aliphatic rings. The van der Waals surface area contributed by atoms with Crippen molar-refractivity contribution >= 4 is 15.9 Å². The maximum atomic E-state index is 4.17. The fourth-order valence-electron chi connectivity index (χ4n) is 1.50. The van der Waals surface area contributed by atoms with Crippen molar-refractivity contribution in [2.45, 2.75) is 0 Å². The van der Waals surface area contributed by atoms with Crippen molar-refractivity contribution in [3.63, 3.8) is 0 Å². The monoisotopic (exact) mass is 302 g/mol. The molecule has 7 heteroatoms. The number of hydrogen-bond acceptors (Lipinski definition) is 5. The topological polar surface area (TPSA) is 69.4 Å². The Hall–Kier alpha value is -2.15. The first kappa shape index (κ1) is 11.0. The highest BCUT2D eigenvalue weighted by atomic mass is 79.9. The summed E-state index contributed by atoms with van der Waals surface area (Å²) in [6.45, 7) is 0. The lowest BCUT2D eigenvalue weighted by Gasteiger charge is -2.02. The molecule has 0 fully saturated rings. The van der Waals surface area contributed by atoms with Crippen molar-refractivity contribution in [3.8, 4) is 17.3 Å². The van der Waals surface area contributed by atoms with E-state index >= 15 is 0 Å². The molecule has 3 rings (SSSR count). The average molecular weight is 303 g/mol. The maximum absolute atomic E-state index is 4.17. The second-order valence-corrected chi connectivity index (χ2v) is 4.40. The zero-order chi connectivity index (χ0) is 12.4. The predicted molar refractivity (Wildman–Crippen MR) is 67.9 cm³/mol. The fourth-order valence-corrected chi connectivity index (χ4v) is 1.71. The molecule has 0 amide bonds. The van der Waals surface area contributed by atoms with Crippen LogP contribution in [0.15, 0.2) is 47.2 Å². The van der Waals surface area contributed by atoms with Crippen LogP contribution in [0.5, 0.6) is 0 Å². The van der Waals surface area contributed by atoms with Crippen molar-refractivity contribution < 1.29 is 0 Å². The fraction of sp³-hybridized carbons (Fsp3) is 0. The number of halogens is 1. The van der Waals surface area contributed by atoms with Crippen molar-refractivity contribution in [1.82, 2.24) is 30.2 Å². The third-order valence-electron chi connectivity index (χ3n) is 2.30. The molecule has 0 saturated heterocycles. The Morgan fingerprint density at radius 3 is 2.44 bits per heavy atom. The van der Waals surface area contributed by atoms with Crippen LogP contribution in [0.3, 0.4) is 0 Å². The first-order valence-corrected chi connectivity index (χ1v) is 5.95. The minimum absolute atomic E-state index is 0.432. The summed E-state index contributed by atoms with van der Waals surface area (Å²) in [6, 6.07) is 9.66. The Labute approximate surface area is 111 Å². The van der Waals surface area contributed by atoms with E-state index < -0.39 is 0 Å². The van der Waals surface area contributed by atoms with E-state index in [1.165, 1.54) is 4.68 Å². The molecule has 6 nitrogen and oxygen atoms in total. The molecule has 0 aliphatic heterocycles. The summed E-state index contributed by atoms with van der Waals surface area (Å²) in [5.41, 5.74) is 0.911. The summed E-state index contributed by atoms with van der Waals surface area (Å²) in [4.78, 5) is 8.34. The van der Waals surface area contributed by atoms with Crippen LogP contribution in [0.1, 0.15) is 0 Å². The van der Waals surface area contributed by atoms with Gasteiger partial charge in [-0.05, 0) is 26.4 Å². The first-order chi connectivity index (χ1) is 8.84. The van der Waals surface area contributed by atoms with Gasteiger partial charge in [-0.1, -0.05) is 30.3 Å². The Balaban J connectivity index is 2.10. The Bertz CT molecular complexity index is 649. The van der Waals surface area contributed by atoms with E-state index in [0.717, 1.165) is 10.0 Å². The van der Waals surface area contributed by atoms with Gasteiger partial charge in [0.05, 0.1) is 4.47 Å². The minimum atomic E-state index is 0.432. The number of aromatic nitrogens is 6. The molecule has 2 aromatic heterocycles. The van der Waals surface area contributed by atoms with Gasteiger partial charge < -0.3 is 0 Å². The number of rotatable bonds is 2. The van der Waals surface area contributed by atoms with Crippen molar-refractivity contribution in [2.75, 3.05) is 0 Å². The largest absolute Gasteiger partial charge is 0.254 e. The van der Waals surface area contributed by atoms with E-state index in [9.17, 15) is 0 Å². The SMILES string of the molecule is Brc1cnc(-n2nnnc2-c2ccccc2)nc1. The van der Waals surface area contributed by atoms with Gasteiger partial charge in [0.25, 0.3) is 5.95 Å². The normalized spacial score (nSPS) is 10.5. The van der Waals surface area contributed by atoms with E-state index in [1.54, 1.807) is 12.4 Å². The van der Waals surface area contributed by atoms with E-state index in [-0.39, 0.29) is 0 Å². The Morgan fingerprint density at radius 2 is 1.72 bits per heavy atom. The second kappa shape index (κ2) is 4.61. The quantitative estimate of drug-likeness (QED) is 0.723. The number of nitrogens with zero attached hydrogens (tertiary/aromatic N) is 6. The summed E-state index contributed by atoms with van der Waals surface area (Å²) in [6.07, 6.45) is 3.30. The third kappa shape index (κ3) is 2.00. The molecule has 0 radical (unpaired) electrons. The molecular formula is C11H7BrN6. The maximum Gasteiger partial charge on any atom is 0.254 e. The van der Waals surface area contributed by atoms with Gasteiger partial charge in [0.2, 0.25) is 0 Å². The second-order valence-electron chi connectivity index (χ2n) is 3.48. The minimum Gasteiger partial charge on any atom is -0.218 e. The van der Waals surface area contributed by atoms with Crippen molar-refractivity contribution in [2.24, 2.45) is 0 Å². The highest BCUT2D eigenvalue weighted by Gasteiger charge is 2.11. The summed E-state index contributed by atoms with van der Waals surface area (Å²) >= 11 is 3.29. The highest BCUT2D eigenvalue weighted by Crippen LogP contribution is 2.17. The lowest BCUT2D eigenvalue weighted by molar-refractivity contribution is 0.750. The Kier molecular flexibility index (Phi) is 2.81. The van der Waals surface area contributed by atoms with Gasteiger partial charge in [-0.25, -0.2) is 9.97 Å². The molecule has 0 aliphatic carbocycles. The summed E-state index contributed by atoms with van der Waals surface area (Å²) in [5, 5.41) is 11.6. The zero-order valence-electron chi connectivity index (χ0n) is 9.10. The molecule has 0 atom stereocenters. The molecule has 0 bridgehead atoms. The molecule has 0 unspecified atom stereocenters.